The van der Waals surface area contributed by atoms with E-state index in [2.05, 4.69) is 10.3 Å². The van der Waals surface area contributed by atoms with E-state index in [9.17, 15) is 9.59 Å². The van der Waals surface area contributed by atoms with E-state index >= 15 is 0 Å². The molecule has 2 aromatic heterocycles. The second kappa shape index (κ2) is 7.76. The number of hydrogen-bond acceptors (Lipinski definition) is 5. The second-order valence-corrected chi connectivity index (χ2v) is 6.21. The van der Waals surface area contributed by atoms with Crippen LogP contribution in [0.5, 0.6) is 0 Å². The standard InChI is InChI=1S/C18H23N3O4/c1-12-14(17(22)19-11-13-4-3-8-25-13)10-15-16(20-12)5-6-21(18(15)23)7-9-24-2/h5-6,10,13H,3-4,7-9,11H2,1-2H3,(H,19,22)/t13-/m1/s1. The summed E-state index contributed by atoms with van der Waals surface area (Å²) < 4.78 is 12.1. The number of aromatic nitrogens is 2. The van der Waals surface area contributed by atoms with Gasteiger partial charge in [0.05, 0.1) is 34.9 Å². The summed E-state index contributed by atoms with van der Waals surface area (Å²) in [5.74, 6) is -0.228. The Labute approximate surface area is 146 Å². The summed E-state index contributed by atoms with van der Waals surface area (Å²) in [5.41, 5.74) is 1.44. The quantitative estimate of drug-likeness (QED) is 0.852. The fourth-order valence-electron chi connectivity index (χ4n) is 3.01. The average molecular weight is 345 g/mol. The van der Waals surface area contributed by atoms with Gasteiger partial charge in [-0.2, -0.15) is 0 Å². The van der Waals surface area contributed by atoms with Crippen molar-refractivity contribution < 1.29 is 14.3 Å². The first-order valence-corrected chi connectivity index (χ1v) is 8.49. The molecule has 1 atom stereocenters. The van der Waals surface area contributed by atoms with Crippen LogP contribution in [0.15, 0.2) is 23.1 Å². The van der Waals surface area contributed by atoms with E-state index in [-0.39, 0.29) is 17.6 Å². The SMILES string of the molecule is COCCn1ccc2nc(C)c(C(=O)NC[C@H]3CCCO3)cc2c1=O. The third kappa shape index (κ3) is 3.88. The summed E-state index contributed by atoms with van der Waals surface area (Å²) in [6.07, 6.45) is 3.76. The molecule has 1 N–H and O–H groups in total. The van der Waals surface area contributed by atoms with Crippen LogP contribution in [0.25, 0.3) is 10.9 Å². The van der Waals surface area contributed by atoms with E-state index in [0.717, 1.165) is 19.4 Å². The molecule has 1 saturated heterocycles. The van der Waals surface area contributed by atoms with Gasteiger partial charge in [-0.05, 0) is 31.9 Å². The topological polar surface area (TPSA) is 82.5 Å². The zero-order chi connectivity index (χ0) is 17.8. The van der Waals surface area contributed by atoms with Crippen LogP contribution in [0, 0.1) is 6.92 Å². The summed E-state index contributed by atoms with van der Waals surface area (Å²) >= 11 is 0. The Bertz CT molecular complexity index is 825. The number of carbonyl (C=O) groups excluding carboxylic acids is 1. The van der Waals surface area contributed by atoms with Crippen LogP contribution in [0.3, 0.4) is 0 Å². The van der Waals surface area contributed by atoms with Gasteiger partial charge in [0.15, 0.2) is 0 Å². The Hall–Kier alpha value is -2.25. The lowest BCUT2D eigenvalue weighted by atomic mass is 10.1. The molecule has 1 amide bonds. The number of rotatable bonds is 6. The lowest BCUT2D eigenvalue weighted by Crippen LogP contribution is -2.32. The number of amides is 1. The van der Waals surface area contributed by atoms with Gasteiger partial charge in [-0.15, -0.1) is 0 Å². The summed E-state index contributed by atoms with van der Waals surface area (Å²) in [6, 6.07) is 3.42. The lowest BCUT2D eigenvalue weighted by molar-refractivity contribution is 0.0857. The fraction of sp³-hybridized carbons (Fsp3) is 0.500. The number of methoxy groups -OCH3 is 1. The van der Waals surface area contributed by atoms with Gasteiger partial charge >= 0.3 is 0 Å². The van der Waals surface area contributed by atoms with Crippen LogP contribution < -0.4 is 10.9 Å². The summed E-state index contributed by atoms with van der Waals surface area (Å²) in [6.45, 7) is 3.90. The molecule has 134 valence electrons. The van der Waals surface area contributed by atoms with Gasteiger partial charge in [-0.3, -0.25) is 14.6 Å². The maximum absolute atomic E-state index is 12.6. The normalized spacial score (nSPS) is 17.1. The van der Waals surface area contributed by atoms with E-state index in [0.29, 0.717) is 41.9 Å². The first kappa shape index (κ1) is 17.6. The van der Waals surface area contributed by atoms with Crippen LogP contribution in [-0.2, 0) is 16.0 Å². The lowest BCUT2D eigenvalue weighted by Gasteiger charge is -2.13. The van der Waals surface area contributed by atoms with Crippen LogP contribution in [0.4, 0.5) is 0 Å². The molecule has 7 heteroatoms. The highest BCUT2D eigenvalue weighted by atomic mass is 16.5. The van der Waals surface area contributed by atoms with Gasteiger partial charge in [-0.25, -0.2) is 0 Å². The molecular formula is C18H23N3O4. The first-order valence-electron chi connectivity index (χ1n) is 8.49. The smallest absolute Gasteiger partial charge is 0.260 e. The van der Waals surface area contributed by atoms with E-state index < -0.39 is 0 Å². The van der Waals surface area contributed by atoms with Crippen molar-refractivity contribution >= 4 is 16.8 Å². The Morgan fingerprint density at radius 2 is 2.36 bits per heavy atom. The minimum Gasteiger partial charge on any atom is -0.383 e. The van der Waals surface area contributed by atoms with Gasteiger partial charge in [0, 0.05) is 33.0 Å². The Kier molecular flexibility index (Phi) is 5.45. The Balaban J connectivity index is 1.86. The molecule has 1 fully saturated rings. The molecular weight excluding hydrogens is 322 g/mol. The van der Waals surface area contributed by atoms with Crippen molar-refractivity contribution in [3.8, 4) is 0 Å². The molecule has 1 aliphatic heterocycles. The number of hydrogen-bond donors (Lipinski definition) is 1. The van der Waals surface area contributed by atoms with Crippen LogP contribution in [-0.4, -0.2) is 48.4 Å². The summed E-state index contributed by atoms with van der Waals surface area (Å²) in [4.78, 5) is 29.5. The molecule has 0 bridgehead atoms. The minimum atomic E-state index is -0.228. The molecule has 0 spiro atoms. The average Bonchev–Trinajstić information content (AvgIpc) is 3.12. The van der Waals surface area contributed by atoms with Crippen molar-refractivity contribution in [1.29, 1.82) is 0 Å². The van der Waals surface area contributed by atoms with Crippen molar-refractivity contribution in [2.45, 2.75) is 32.4 Å². The number of nitrogens with one attached hydrogen (secondary N) is 1. The molecule has 7 nitrogen and oxygen atoms in total. The predicted molar refractivity (Wildman–Crippen MR) is 93.9 cm³/mol. The van der Waals surface area contributed by atoms with E-state index in [4.69, 9.17) is 9.47 Å². The maximum atomic E-state index is 12.6. The fourth-order valence-corrected chi connectivity index (χ4v) is 3.01. The highest BCUT2D eigenvalue weighted by Gasteiger charge is 2.18. The molecule has 0 aromatic carbocycles. The highest BCUT2D eigenvalue weighted by Crippen LogP contribution is 2.15. The largest absolute Gasteiger partial charge is 0.383 e. The van der Waals surface area contributed by atoms with Gasteiger partial charge in [0.1, 0.15) is 0 Å². The molecule has 1 aliphatic rings. The predicted octanol–water partition coefficient (Wildman–Crippen LogP) is 1.26. The van der Waals surface area contributed by atoms with Crippen LogP contribution in [0.2, 0.25) is 0 Å². The molecule has 3 heterocycles. The maximum Gasteiger partial charge on any atom is 0.260 e. The minimum absolute atomic E-state index is 0.0731. The van der Waals surface area contributed by atoms with Gasteiger partial charge in [0.2, 0.25) is 0 Å². The Morgan fingerprint density at radius 1 is 1.52 bits per heavy atom. The number of fused-ring (bicyclic) bond motifs is 1. The van der Waals surface area contributed by atoms with E-state index in [1.165, 1.54) is 0 Å². The third-order valence-electron chi connectivity index (χ3n) is 4.44. The van der Waals surface area contributed by atoms with Gasteiger partial charge in [-0.1, -0.05) is 0 Å². The van der Waals surface area contributed by atoms with Crippen molar-refractivity contribution in [3.63, 3.8) is 0 Å². The number of aryl methyl sites for hydroxylation is 1. The van der Waals surface area contributed by atoms with E-state index in [1.807, 2.05) is 0 Å². The summed E-state index contributed by atoms with van der Waals surface area (Å²) in [5, 5.41) is 3.32. The number of ether oxygens (including phenoxy) is 2. The third-order valence-corrected chi connectivity index (χ3v) is 4.44. The van der Waals surface area contributed by atoms with Crippen molar-refractivity contribution in [2.75, 3.05) is 26.9 Å². The van der Waals surface area contributed by atoms with Crippen molar-refractivity contribution in [3.05, 3.63) is 39.9 Å². The van der Waals surface area contributed by atoms with Crippen molar-refractivity contribution in [1.82, 2.24) is 14.9 Å². The second-order valence-electron chi connectivity index (χ2n) is 6.21. The molecule has 0 saturated carbocycles. The number of pyridine rings is 2. The zero-order valence-corrected chi connectivity index (χ0v) is 14.6. The van der Waals surface area contributed by atoms with E-state index in [1.54, 1.807) is 36.9 Å². The summed E-state index contributed by atoms with van der Waals surface area (Å²) in [7, 11) is 1.59. The monoisotopic (exact) mass is 345 g/mol. The van der Waals surface area contributed by atoms with Crippen LogP contribution in [0.1, 0.15) is 28.9 Å². The Morgan fingerprint density at radius 3 is 3.08 bits per heavy atom. The first-order chi connectivity index (χ1) is 12.1. The molecule has 0 unspecified atom stereocenters. The highest BCUT2D eigenvalue weighted by molar-refractivity contribution is 5.98. The molecule has 2 aromatic rings. The molecule has 25 heavy (non-hydrogen) atoms. The molecule has 0 aliphatic carbocycles. The molecule has 3 rings (SSSR count). The van der Waals surface area contributed by atoms with Crippen LogP contribution >= 0.6 is 0 Å². The van der Waals surface area contributed by atoms with Gasteiger partial charge < -0.3 is 19.4 Å². The van der Waals surface area contributed by atoms with Gasteiger partial charge in [0.25, 0.3) is 11.5 Å². The number of nitrogens with zero attached hydrogens (tertiary/aromatic N) is 2. The van der Waals surface area contributed by atoms with Crippen molar-refractivity contribution in [2.24, 2.45) is 0 Å². The zero-order valence-electron chi connectivity index (χ0n) is 14.6. The number of carbonyl (C=O) groups is 1. The molecule has 0 radical (unpaired) electrons.